The van der Waals surface area contributed by atoms with E-state index in [0.717, 1.165) is 22.6 Å². The first-order chi connectivity index (χ1) is 12.3. The molecule has 4 heteroatoms. The highest BCUT2D eigenvalue weighted by atomic mass is 16.5. The van der Waals surface area contributed by atoms with Crippen LogP contribution in [-0.2, 0) is 0 Å². The Morgan fingerprint density at radius 2 is 1.56 bits per heavy atom. The fourth-order valence-electron chi connectivity index (χ4n) is 3.04. The number of carbonyl (C=O) groups excluding carboxylic acids is 1. The average molecular weight is 331 g/mol. The Morgan fingerprint density at radius 1 is 0.920 bits per heavy atom. The molecule has 0 fully saturated rings. The van der Waals surface area contributed by atoms with Gasteiger partial charge in [-0.25, -0.2) is 0 Å². The predicted octanol–water partition coefficient (Wildman–Crippen LogP) is 4.32. The van der Waals surface area contributed by atoms with E-state index in [0.29, 0.717) is 11.3 Å². The molecule has 4 rings (SSSR count). The van der Waals surface area contributed by atoms with Crippen LogP contribution in [0.2, 0.25) is 0 Å². The normalized spacial score (nSPS) is 12.5. The van der Waals surface area contributed by atoms with Crippen LogP contribution in [0.3, 0.4) is 0 Å². The molecule has 1 N–H and O–H groups in total. The number of ether oxygens (including phenoxy) is 2. The van der Waals surface area contributed by atoms with Crippen molar-refractivity contribution in [2.45, 2.75) is 6.04 Å². The molecule has 0 saturated carbocycles. The average Bonchev–Trinajstić information content (AvgIpc) is 2.67. The Kier molecular flexibility index (Phi) is 3.86. The standard InChI is InChI=1S/C21H17NO3/c1-24-15-8-6-7-14(13-15)21(23)22-20-16-9-2-4-11-18(16)25-19-12-5-3-10-17(19)20/h2-13,20H,1H3,(H,22,23). The SMILES string of the molecule is COc1cccc(C(=O)NC2c3ccccc3Oc3ccccc32)c1. The number of fused-ring (bicyclic) bond motifs is 2. The molecule has 0 aromatic heterocycles. The van der Waals surface area contributed by atoms with Gasteiger partial charge in [-0.2, -0.15) is 0 Å². The van der Waals surface area contributed by atoms with E-state index in [2.05, 4.69) is 5.32 Å². The summed E-state index contributed by atoms with van der Waals surface area (Å²) in [4.78, 5) is 12.8. The molecular formula is C21H17NO3. The highest BCUT2D eigenvalue weighted by molar-refractivity contribution is 5.95. The lowest BCUT2D eigenvalue weighted by molar-refractivity contribution is 0.0941. The van der Waals surface area contributed by atoms with Crippen LogP contribution in [0.1, 0.15) is 27.5 Å². The van der Waals surface area contributed by atoms with Gasteiger partial charge in [-0.1, -0.05) is 42.5 Å². The largest absolute Gasteiger partial charge is 0.497 e. The Balaban J connectivity index is 1.71. The second-order valence-electron chi connectivity index (χ2n) is 5.82. The molecular weight excluding hydrogens is 314 g/mol. The number of para-hydroxylation sites is 2. The van der Waals surface area contributed by atoms with Crippen molar-refractivity contribution in [3.8, 4) is 17.2 Å². The van der Waals surface area contributed by atoms with Crippen LogP contribution >= 0.6 is 0 Å². The van der Waals surface area contributed by atoms with Crippen LogP contribution in [0, 0.1) is 0 Å². The first kappa shape index (κ1) is 15.3. The van der Waals surface area contributed by atoms with Gasteiger partial charge in [0.05, 0.1) is 13.2 Å². The van der Waals surface area contributed by atoms with E-state index in [9.17, 15) is 4.79 Å². The number of carbonyl (C=O) groups is 1. The molecule has 0 atom stereocenters. The number of nitrogens with one attached hydrogen (secondary N) is 1. The van der Waals surface area contributed by atoms with Crippen LogP contribution in [0.15, 0.2) is 72.8 Å². The third-order valence-corrected chi connectivity index (χ3v) is 4.29. The minimum Gasteiger partial charge on any atom is -0.497 e. The summed E-state index contributed by atoms with van der Waals surface area (Å²) in [5.41, 5.74) is 2.44. The number of rotatable bonds is 3. The van der Waals surface area contributed by atoms with Crippen molar-refractivity contribution in [1.82, 2.24) is 5.32 Å². The Morgan fingerprint density at radius 3 is 2.20 bits per heavy atom. The summed E-state index contributed by atoms with van der Waals surface area (Å²) in [5, 5.41) is 3.12. The molecule has 3 aromatic rings. The molecule has 1 aliphatic heterocycles. The zero-order valence-electron chi connectivity index (χ0n) is 13.7. The van der Waals surface area contributed by atoms with Gasteiger partial charge in [-0.05, 0) is 30.3 Å². The Bertz CT molecular complexity index is 890. The number of amides is 1. The van der Waals surface area contributed by atoms with Crippen molar-refractivity contribution in [1.29, 1.82) is 0 Å². The molecule has 0 spiro atoms. The van der Waals surface area contributed by atoms with E-state index in [-0.39, 0.29) is 11.9 Å². The first-order valence-corrected chi connectivity index (χ1v) is 8.07. The van der Waals surface area contributed by atoms with Crippen molar-refractivity contribution < 1.29 is 14.3 Å². The molecule has 1 aliphatic rings. The van der Waals surface area contributed by atoms with E-state index in [1.165, 1.54) is 0 Å². The minimum atomic E-state index is -0.264. The van der Waals surface area contributed by atoms with Gasteiger partial charge in [-0.3, -0.25) is 4.79 Å². The van der Waals surface area contributed by atoms with Crippen LogP contribution in [0.25, 0.3) is 0 Å². The van der Waals surface area contributed by atoms with E-state index >= 15 is 0 Å². The molecule has 4 nitrogen and oxygen atoms in total. The summed E-state index contributed by atoms with van der Waals surface area (Å²) in [6.45, 7) is 0. The van der Waals surface area contributed by atoms with Crippen LogP contribution in [0.5, 0.6) is 17.2 Å². The van der Waals surface area contributed by atoms with Crippen LogP contribution in [0.4, 0.5) is 0 Å². The van der Waals surface area contributed by atoms with Crippen LogP contribution < -0.4 is 14.8 Å². The fourth-order valence-corrected chi connectivity index (χ4v) is 3.04. The van der Waals surface area contributed by atoms with Gasteiger partial charge in [-0.15, -0.1) is 0 Å². The van der Waals surface area contributed by atoms with Crippen molar-refractivity contribution >= 4 is 5.91 Å². The molecule has 0 radical (unpaired) electrons. The van der Waals surface area contributed by atoms with Crippen molar-refractivity contribution in [3.63, 3.8) is 0 Å². The highest BCUT2D eigenvalue weighted by Gasteiger charge is 2.28. The highest BCUT2D eigenvalue weighted by Crippen LogP contribution is 2.42. The lowest BCUT2D eigenvalue weighted by Gasteiger charge is -2.28. The Labute approximate surface area is 146 Å². The summed E-state index contributed by atoms with van der Waals surface area (Å²) in [6, 6.07) is 22.4. The van der Waals surface area contributed by atoms with Crippen molar-refractivity contribution in [2.75, 3.05) is 7.11 Å². The first-order valence-electron chi connectivity index (χ1n) is 8.07. The van der Waals surface area contributed by atoms with E-state index in [1.54, 1.807) is 25.3 Å². The summed E-state index contributed by atoms with van der Waals surface area (Å²) in [7, 11) is 1.59. The van der Waals surface area contributed by atoms with Crippen LogP contribution in [-0.4, -0.2) is 13.0 Å². The van der Waals surface area contributed by atoms with Gasteiger partial charge in [0, 0.05) is 16.7 Å². The molecule has 124 valence electrons. The summed E-state index contributed by atoms with van der Waals surface area (Å²) in [5.74, 6) is 2.02. The van der Waals surface area contributed by atoms with Gasteiger partial charge < -0.3 is 14.8 Å². The lowest BCUT2D eigenvalue weighted by Crippen LogP contribution is -2.31. The maximum absolute atomic E-state index is 12.8. The third kappa shape index (κ3) is 2.83. The molecule has 0 unspecified atom stereocenters. The number of methoxy groups -OCH3 is 1. The predicted molar refractivity (Wildman–Crippen MR) is 95.3 cm³/mol. The van der Waals surface area contributed by atoms with Gasteiger partial charge in [0.1, 0.15) is 17.2 Å². The molecule has 25 heavy (non-hydrogen) atoms. The van der Waals surface area contributed by atoms with E-state index < -0.39 is 0 Å². The quantitative estimate of drug-likeness (QED) is 0.777. The summed E-state index contributed by atoms with van der Waals surface area (Å²) >= 11 is 0. The second-order valence-corrected chi connectivity index (χ2v) is 5.82. The molecule has 1 amide bonds. The molecule has 0 saturated heterocycles. The maximum atomic E-state index is 12.8. The van der Waals surface area contributed by atoms with E-state index in [1.807, 2.05) is 54.6 Å². The number of hydrogen-bond donors (Lipinski definition) is 1. The topological polar surface area (TPSA) is 47.6 Å². The summed E-state index contributed by atoms with van der Waals surface area (Å²) in [6.07, 6.45) is 0. The minimum absolute atomic E-state index is 0.157. The van der Waals surface area contributed by atoms with Gasteiger partial charge in [0.2, 0.25) is 0 Å². The van der Waals surface area contributed by atoms with Gasteiger partial charge >= 0.3 is 0 Å². The van der Waals surface area contributed by atoms with E-state index in [4.69, 9.17) is 9.47 Å². The molecule has 0 bridgehead atoms. The molecule has 1 heterocycles. The van der Waals surface area contributed by atoms with Gasteiger partial charge in [0.25, 0.3) is 5.91 Å². The third-order valence-electron chi connectivity index (χ3n) is 4.29. The Hall–Kier alpha value is -3.27. The zero-order chi connectivity index (χ0) is 17.2. The van der Waals surface area contributed by atoms with Gasteiger partial charge in [0.15, 0.2) is 0 Å². The summed E-state index contributed by atoms with van der Waals surface area (Å²) < 4.78 is 11.2. The van der Waals surface area contributed by atoms with Crippen molar-refractivity contribution in [2.24, 2.45) is 0 Å². The number of hydrogen-bond acceptors (Lipinski definition) is 3. The molecule has 3 aromatic carbocycles. The zero-order valence-corrected chi connectivity index (χ0v) is 13.7. The second kappa shape index (κ2) is 6.32. The van der Waals surface area contributed by atoms with Crippen molar-refractivity contribution in [3.05, 3.63) is 89.5 Å². The lowest BCUT2D eigenvalue weighted by atomic mass is 9.94. The number of benzene rings is 3. The maximum Gasteiger partial charge on any atom is 0.252 e. The fraction of sp³-hybridized carbons (Fsp3) is 0.0952. The molecule has 0 aliphatic carbocycles. The smallest absolute Gasteiger partial charge is 0.252 e. The monoisotopic (exact) mass is 331 g/mol.